The molecule has 2 saturated heterocycles. The van der Waals surface area contributed by atoms with E-state index in [0.29, 0.717) is 17.9 Å². The summed E-state index contributed by atoms with van der Waals surface area (Å²) in [5.41, 5.74) is 6.26. The number of benzene rings is 2. The third kappa shape index (κ3) is 2.16. The molecule has 0 amide bonds. The summed E-state index contributed by atoms with van der Waals surface area (Å²) in [5.74, 6) is 0.581. The summed E-state index contributed by atoms with van der Waals surface area (Å²) in [5, 5.41) is 3.63. The molecule has 2 aliphatic heterocycles. The van der Waals surface area contributed by atoms with E-state index < -0.39 is 0 Å². The number of piperidine rings is 1. The van der Waals surface area contributed by atoms with Gasteiger partial charge >= 0.3 is 0 Å². The first-order chi connectivity index (χ1) is 11.3. The molecule has 2 aromatic carbocycles. The number of hydrogen-bond donors (Lipinski definition) is 1. The summed E-state index contributed by atoms with van der Waals surface area (Å²) in [6.45, 7) is 0. The van der Waals surface area contributed by atoms with E-state index in [1.807, 2.05) is 6.07 Å². The third-order valence-electron chi connectivity index (χ3n) is 5.92. The number of ketones is 1. The van der Waals surface area contributed by atoms with Gasteiger partial charge in [0.25, 0.3) is 0 Å². The normalized spacial score (nSPS) is 27.6. The molecule has 3 aliphatic rings. The van der Waals surface area contributed by atoms with Gasteiger partial charge in [0.05, 0.1) is 0 Å². The molecule has 1 N–H and O–H groups in total. The Morgan fingerprint density at radius 2 is 1.65 bits per heavy atom. The van der Waals surface area contributed by atoms with Gasteiger partial charge in [-0.05, 0) is 60.4 Å². The molecule has 2 fully saturated rings. The molecule has 2 bridgehead atoms. The van der Waals surface area contributed by atoms with E-state index in [-0.39, 0.29) is 5.92 Å². The van der Waals surface area contributed by atoms with Gasteiger partial charge in [-0.1, -0.05) is 36.4 Å². The Balaban J connectivity index is 1.44. The maximum absolute atomic E-state index is 13.0. The molecule has 23 heavy (non-hydrogen) atoms. The number of nitrogens with one attached hydrogen (secondary N) is 1. The fourth-order valence-electron chi connectivity index (χ4n) is 4.81. The van der Waals surface area contributed by atoms with Gasteiger partial charge in [0, 0.05) is 23.6 Å². The van der Waals surface area contributed by atoms with Crippen LogP contribution in [0.3, 0.4) is 0 Å². The van der Waals surface area contributed by atoms with E-state index in [1.54, 1.807) is 0 Å². The van der Waals surface area contributed by atoms with Crippen LogP contribution in [0.15, 0.2) is 42.5 Å². The van der Waals surface area contributed by atoms with Gasteiger partial charge in [-0.25, -0.2) is 0 Å². The monoisotopic (exact) mass is 303 g/mol. The minimum absolute atomic E-state index is 0.218. The van der Waals surface area contributed by atoms with Gasteiger partial charge in [0.2, 0.25) is 0 Å². The smallest absolute Gasteiger partial charge is 0.166 e. The summed E-state index contributed by atoms with van der Waals surface area (Å²) in [6, 6.07) is 16.1. The Kier molecular flexibility index (Phi) is 2.96. The lowest BCUT2D eigenvalue weighted by atomic mass is 9.85. The fourth-order valence-corrected chi connectivity index (χ4v) is 4.81. The van der Waals surface area contributed by atoms with Crippen LogP contribution in [-0.4, -0.2) is 17.9 Å². The topological polar surface area (TPSA) is 29.1 Å². The molecule has 1 aliphatic carbocycles. The molecule has 2 nitrogen and oxygen atoms in total. The zero-order valence-corrected chi connectivity index (χ0v) is 13.2. The molecule has 0 radical (unpaired) electrons. The molecule has 0 spiro atoms. The Hall–Kier alpha value is -1.93. The first-order valence-corrected chi connectivity index (χ1v) is 8.79. The van der Waals surface area contributed by atoms with Crippen LogP contribution in [0.25, 0.3) is 11.1 Å². The van der Waals surface area contributed by atoms with Gasteiger partial charge in [0.15, 0.2) is 5.78 Å². The van der Waals surface area contributed by atoms with E-state index in [0.717, 1.165) is 24.8 Å². The quantitative estimate of drug-likeness (QED) is 0.726. The first kappa shape index (κ1) is 13.5. The molecule has 2 aromatic rings. The van der Waals surface area contributed by atoms with Crippen molar-refractivity contribution in [2.45, 2.75) is 44.2 Å². The van der Waals surface area contributed by atoms with E-state index in [2.05, 4.69) is 41.7 Å². The molecular formula is C21H21NO. The second kappa shape index (κ2) is 5.04. The Morgan fingerprint density at radius 3 is 2.48 bits per heavy atom. The van der Waals surface area contributed by atoms with Gasteiger partial charge in [-0.15, -0.1) is 0 Å². The largest absolute Gasteiger partial charge is 0.311 e. The highest BCUT2D eigenvalue weighted by Gasteiger charge is 2.37. The van der Waals surface area contributed by atoms with Gasteiger partial charge in [0.1, 0.15) is 0 Å². The molecule has 0 aromatic heterocycles. The van der Waals surface area contributed by atoms with Crippen molar-refractivity contribution < 1.29 is 4.79 Å². The number of fused-ring (bicyclic) bond motifs is 5. The average molecular weight is 303 g/mol. The lowest BCUT2D eigenvalue weighted by Gasteiger charge is -2.28. The van der Waals surface area contributed by atoms with Gasteiger partial charge in [-0.2, -0.15) is 0 Å². The van der Waals surface area contributed by atoms with Crippen LogP contribution in [0.4, 0.5) is 0 Å². The summed E-state index contributed by atoms with van der Waals surface area (Å²) in [7, 11) is 0. The van der Waals surface area contributed by atoms with E-state index >= 15 is 0 Å². The summed E-state index contributed by atoms with van der Waals surface area (Å²) < 4.78 is 0. The van der Waals surface area contributed by atoms with Crippen molar-refractivity contribution >= 4 is 5.78 Å². The van der Waals surface area contributed by atoms with Crippen LogP contribution in [0, 0.1) is 5.92 Å². The van der Waals surface area contributed by atoms with Crippen LogP contribution in [0.2, 0.25) is 0 Å². The summed E-state index contributed by atoms with van der Waals surface area (Å²) >= 11 is 0. The predicted octanol–water partition coefficient (Wildman–Crippen LogP) is 3.97. The van der Waals surface area contributed by atoms with Crippen molar-refractivity contribution in [1.82, 2.24) is 5.32 Å². The third-order valence-corrected chi connectivity index (χ3v) is 5.92. The number of rotatable bonds is 2. The second-order valence-corrected chi connectivity index (χ2v) is 7.38. The highest BCUT2D eigenvalue weighted by Crippen LogP contribution is 2.38. The van der Waals surface area contributed by atoms with Crippen molar-refractivity contribution in [1.29, 1.82) is 0 Å². The lowest BCUT2D eigenvalue weighted by molar-refractivity contribution is 0.0875. The maximum Gasteiger partial charge on any atom is 0.166 e. The summed E-state index contributed by atoms with van der Waals surface area (Å²) in [4.78, 5) is 13.0. The van der Waals surface area contributed by atoms with Crippen molar-refractivity contribution in [3.63, 3.8) is 0 Å². The highest BCUT2D eigenvalue weighted by molar-refractivity contribution is 5.99. The SMILES string of the molecule is O=C(c1ccc2c(c1)Cc1ccccc1-2)C1CC2CCC(C1)N2. The molecule has 0 saturated carbocycles. The molecular weight excluding hydrogens is 282 g/mol. The molecule has 116 valence electrons. The van der Waals surface area contributed by atoms with Crippen LogP contribution in [0.1, 0.15) is 47.2 Å². The van der Waals surface area contributed by atoms with Crippen molar-refractivity contribution in [3.8, 4) is 11.1 Å². The second-order valence-electron chi connectivity index (χ2n) is 7.38. The van der Waals surface area contributed by atoms with Crippen molar-refractivity contribution in [2.75, 3.05) is 0 Å². The highest BCUT2D eigenvalue weighted by atomic mass is 16.1. The number of carbonyl (C=O) groups is 1. The Bertz CT molecular complexity index is 782. The summed E-state index contributed by atoms with van der Waals surface area (Å²) in [6.07, 6.45) is 5.49. The van der Waals surface area contributed by atoms with Crippen LogP contribution < -0.4 is 5.32 Å². The maximum atomic E-state index is 13.0. The van der Waals surface area contributed by atoms with Crippen LogP contribution in [0.5, 0.6) is 0 Å². The molecule has 5 rings (SSSR count). The number of hydrogen-bond acceptors (Lipinski definition) is 2. The minimum atomic E-state index is 0.218. The Labute approximate surface area is 136 Å². The van der Waals surface area contributed by atoms with E-state index in [4.69, 9.17) is 0 Å². The zero-order valence-electron chi connectivity index (χ0n) is 13.2. The van der Waals surface area contributed by atoms with Crippen molar-refractivity contribution in [2.24, 2.45) is 5.92 Å². The average Bonchev–Trinajstić information content (AvgIpc) is 3.12. The lowest BCUT2D eigenvalue weighted by Crippen LogP contribution is -2.40. The van der Waals surface area contributed by atoms with Gasteiger partial charge < -0.3 is 5.32 Å². The Morgan fingerprint density at radius 1 is 0.913 bits per heavy atom. The van der Waals surface area contributed by atoms with Crippen molar-refractivity contribution in [3.05, 3.63) is 59.2 Å². The van der Waals surface area contributed by atoms with Crippen LogP contribution in [-0.2, 0) is 6.42 Å². The minimum Gasteiger partial charge on any atom is -0.311 e. The molecule has 2 atom stereocenters. The number of carbonyl (C=O) groups excluding carboxylic acids is 1. The molecule has 2 heteroatoms. The van der Waals surface area contributed by atoms with E-state index in [1.165, 1.54) is 35.1 Å². The van der Waals surface area contributed by atoms with Gasteiger partial charge in [-0.3, -0.25) is 4.79 Å². The zero-order chi connectivity index (χ0) is 15.4. The van der Waals surface area contributed by atoms with Crippen LogP contribution >= 0.6 is 0 Å². The van der Waals surface area contributed by atoms with E-state index in [9.17, 15) is 4.79 Å². The fraction of sp³-hybridized carbons (Fsp3) is 0.381. The molecule has 2 unspecified atom stereocenters. The predicted molar refractivity (Wildman–Crippen MR) is 91.7 cm³/mol. The number of Topliss-reactive ketones (excluding diaryl/α,β-unsaturated/α-hetero) is 1. The molecule has 2 heterocycles. The standard InChI is InChI=1S/C21H21NO/c23-21(16-11-17-6-7-18(12-16)22-17)14-5-8-20-15(10-14)9-13-3-1-2-4-19(13)20/h1-5,8,10,16-18,22H,6-7,9,11-12H2. The first-order valence-electron chi connectivity index (χ1n) is 8.79.